The Labute approximate surface area is 153 Å². The van der Waals surface area contributed by atoms with Crippen LogP contribution in [0.25, 0.3) is 33.8 Å². The molecule has 132 valence electrons. The van der Waals surface area contributed by atoms with Crippen molar-refractivity contribution in [2.75, 3.05) is 6.61 Å². The highest BCUT2D eigenvalue weighted by atomic mass is 79.9. The molecule has 0 saturated carbocycles. The monoisotopic (exact) mass is 421 g/mol. The molecular weight excluding hydrogens is 411 g/mol. The topological polar surface area (TPSA) is 39.2 Å². The number of nitrogens with zero attached hydrogens (tertiary/aromatic N) is 1. The van der Waals surface area contributed by atoms with Crippen LogP contribution in [0.1, 0.15) is 6.42 Å². The number of hydrogen-bond acceptors (Lipinski definition) is 3. The second kappa shape index (κ2) is 6.09. The molecule has 2 aromatic carbocycles. The fraction of sp³-hybridized carbons (Fsp3) is 0.158. The molecule has 0 unspecified atom stereocenters. The number of pyridine rings is 1. The van der Waals surface area contributed by atoms with Crippen molar-refractivity contribution in [3.63, 3.8) is 0 Å². The van der Waals surface area contributed by atoms with Gasteiger partial charge in [-0.15, -0.1) is 0 Å². The van der Waals surface area contributed by atoms with Crippen LogP contribution in [0.2, 0.25) is 0 Å². The van der Waals surface area contributed by atoms with Crippen molar-refractivity contribution in [2.24, 2.45) is 0 Å². The lowest BCUT2D eigenvalue weighted by Crippen LogP contribution is -2.28. The molecule has 1 aliphatic rings. The van der Waals surface area contributed by atoms with Gasteiger partial charge in [-0.2, -0.15) is 13.2 Å². The first-order valence-corrected chi connectivity index (χ1v) is 8.57. The Morgan fingerprint density at radius 2 is 1.88 bits per heavy atom. The van der Waals surface area contributed by atoms with Crippen LogP contribution in [0, 0.1) is 0 Å². The van der Waals surface area contributed by atoms with E-state index in [9.17, 15) is 18.0 Å². The molecule has 0 spiro atoms. The standard InChI is InChI=1S/C19H11BrF3NO2/c20-16-8-12-2-1-11-5-13-6-14(25)4-3-10(13)7-15(11)17(12)24-18(16)26-9-19(21,22)23/h1-3,5-8H,4,9H2. The highest BCUT2D eigenvalue weighted by molar-refractivity contribution is 9.10. The molecule has 0 amide bonds. The summed E-state index contributed by atoms with van der Waals surface area (Å²) in [6.45, 7) is -1.41. The Bertz CT molecular complexity index is 1190. The predicted molar refractivity (Wildman–Crippen MR) is 96.3 cm³/mol. The minimum absolute atomic E-state index is 0.0440. The maximum atomic E-state index is 12.5. The van der Waals surface area contributed by atoms with Crippen molar-refractivity contribution in [3.05, 3.63) is 45.2 Å². The van der Waals surface area contributed by atoms with E-state index < -0.39 is 12.8 Å². The van der Waals surface area contributed by atoms with Crippen molar-refractivity contribution >= 4 is 55.5 Å². The van der Waals surface area contributed by atoms with Gasteiger partial charge >= 0.3 is 6.18 Å². The van der Waals surface area contributed by atoms with E-state index in [2.05, 4.69) is 20.9 Å². The summed E-state index contributed by atoms with van der Waals surface area (Å²) >= 11 is 3.21. The first kappa shape index (κ1) is 17.0. The van der Waals surface area contributed by atoms with Crippen molar-refractivity contribution in [1.82, 2.24) is 4.98 Å². The van der Waals surface area contributed by atoms with E-state index >= 15 is 0 Å². The number of rotatable bonds is 2. The molecule has 1 aromatic heterocycles. The molecule has 3 aromatic rings. The van der Waals surface area contributed by atoms with E-state index in [4.69, 9.17) is 4.74 Å². The van der Waals surface area contributed by atoms with E-state index in [1.165, 1.54) is 0 Å². The number of aromatic nitrogens is 1. The Morgan fingerprint density at radius 1 is 1.12 bits per heavy atom. The third-order valence-electron chi connectivity index (χ3n) is 4.14. The van der Waals surface area contributed by atoms with Gasteiger partial charge in [0.1, 0.15) is 0 Å². The maximum absolute atomic E-state index is 12.5. The number of carbonyl (C=O) groups excluding carboxylic acids is 1. The maximum Gasteiger partial charge on any atom is 0.422 e. The van der Waals surface area contributed by atoms with Crippen LogP contribution < -0.4 is 15.2 Å². The van der Waals surface area contributed by atoms with Gasteiger partial charge in [0.2, 0.25) is 5.88 Å². The van der Waals surface area contributed by atoms with Gasteiger partial charge < -0.3 is 4.74 Å². The third kappa shape index (κ3) is 3.19. The number of hydrogen-bond donors (Lipinski definition) is 0. The quantitative estimate of drug-likeness (QED) is 0.593. The van der Waals surface area contributed by atoms with Crippen LogP contribution in [0.5, 0.6) is 5.88 Å². The van der Waals surface area contributed by atoms with Gasteiger partial charge in [0.25, 0.3) is 0 Å². The first-order chi connectivity index (χ1) is 12.3. The van der Waals surface area contributed by atoms with Crippen molar-refractivity contribution < 1.29 is 22.7 Å². The van der Waals surface area contributed by atoms with E-state index in [-0.39, 0.29) is 11.7 Å². The minimum Gasteiger partial charge on any atom is -0.467 e. The number of halogens is 4. The van der Waals surface area contributed by atoms with Gasteiger partial charge in [-0.1, -0.05) is 18.2 Å². The molecule has 1 heterocycles. The highest BCUT2D eigenvalue weighted by Gasteiger charge is 2.29. The molecule has 0 atom stereocenters. The fourth-order valence-electron chi connectivity index (χ4n) is 3.00. The lowest BCUT2D eigenvalue weighted by molar-refractivity contribution is -0.154. The Morgan fingerprint density at radius 3 is 2.65 bits per heavy atom. The zero-order valence-electron chi connectivity index (χ0n) is 13.2. The van der Waals surface area contributed by atoms with E-state index in [0.29, 0.717) is 16.4 Å². The number of ketones is 1. The van der Waals surface area contributed by atoms with Crippen molar-refractivity contribution in [2.45, 2.75) is 12.6 Å². The summed E-state index contributed by atoms with van der Waals surface area (Å²) in [7, 11) is 0. The molecule has 4 rings (SSSR count). The summed E-state index contributed by atoms with van der Waals surface area (Å²) in [4.78, 5) is 15.9. The van der Waals surface area contributed by atoms with Gasteiger partial charge in [-0.05, 0) is 56.0 Å². The lowest BCUT2D eigenvalue weighted by Gasteiger charge is -2.12. The highest BCUT2D eigenvalue weighted by Crippen LogP contribution is 2.31. The zero-order chi connectivity index (χ0) is 18.5. The molecule has 0 radical (unpaired) electrons. The van der Waals surface area contributed by atoms with Crippen LogP contribution in [0.15, 0.2) is 34.8 Å². The zero-order valence-corrected chi connectivity index (χ0v) is 14.8. The smallest absolute Gasteiger partial charge is 0.422 e. The molecule has 26 heavy (non-hydrogen) atoms. The lowest BCUT2D eigenvalue weighted by atomic mass is 10.00. The predicted octanol–water partition coefficient (Wildman–Crippen LogP) is 3.63. The summed E-state index contributed by atoms with van der Waals surface area (Å²) in [5.41, 5.74) is 0.552. The van der Waals surface area contributed by atoms with E-state index in [0.717, 1.165) is 26.6 Å². The van der Waals surface area contributed by atoms with Gasteiger partial charge in [0.05, 0.1) is 9.99 Å². The third-order valence-corrected chi connectivity index (χ3v) is 4.71. The van der Waals surface area contributed by atoms with Crippen LogP contribution >= 0.6 is 15.9 Å². The summed E-state index contributed by atoms with van der Waals surface area (Å²) in [5.74, 6) is -0.0618. The molecule has 0 aliphatic heterocycles. The number of ether oxygens (including phenoxy) is 1. The molecule has 1 aliphatic carbocycles. The number of carbonyl (C=O) groups is 1. The van der Waals surface area contributed by atoms with Crippen LogP contribution in [0.3, 0.4) is 0 Å². The SMILES string of the molecule is O=C1C=c2cc3ccc4cc(Br)c(OCC(F)(F)F)nc4c3cc2=CC1. The van der Waals surface area contributed by atoms with Crippen molar-refractivity contribution in [1.29, 1.82) is 0 Å². The fourth-order valence-corrected chi connectivity index (χ4v) is 3.45. The molecular formula is C19H11BrF3NO2. The molecule has 0 N–H and O–H groups in total. The first-order valence-electron chi connectivity index (χ1n) is 7.77. The summed E-state index contributed by atoms with van der Waals surface area (Å²) < 4.78 is 42.6. The Kier molecular flexibility index (Phi) is 3.99. The average Bonchev–Trinajstić information content (AvgIpc) is 2.57. The summed E-state index contributed by atoms with van der Waals surface area (Å²) in [6, 6.07) is 9.22. The Hall–Kier alpha value is -2.41. The normalized spacial score (nSPS) is 14.1. The molecule has 0 fully saturated rings. The van der Waals surface area contributed by atoms with Gasteiger partial charge in [0.15, 0.2) is 12.4 Å². The summed E-state index contributed by atoms with van der Waals surface area (Å²) in [5, 5.41) is 4.17. The number of fused-ring (bicyclic) bond motifs is 4. The van der Waals surface area contributed by atoms with Gasteiger partial charge in [0, 0.05) is 17.2 Å². The minimum atomic E-state index is -4.44. The van der Waals surface area contributed by atoms with Gasteiger partial charge in [-0.3, -0.25) is 4.79 Å². The number of benzene rings is 2. The number of alkyl halides is 3. The second-order valence-electron chi connectivity index (χ2n) is 6.04. The summed E-state index contributed by atoms with van der Waals surface area (Å²) in [6.07, 6.45) is -0.658. The van der Waals surface area contributed by atoms with Gasteiger partial charge in [-0.25, -0.2) is 4.98 Å². The Balaban J connectivity index is 1.94. The van der Waals surface area contributed by atoms with Crippen LogP contribution in [-0.2, 0) is 4.79 Å². The molecule has 7 heteroatoms. The molecule has 0 bridgehead atoms. The van der Waals surface area contributed by atoms with Crippen LogP contribution in [-0.4, -0.2) is 23.6 Å². The molecule has 0 saturated heterocycles. The second-order valence-corrected chi connectivity index (χ2v) is 6.89. The average molecular weight is 422 g/mol. The number of Topliss-reactive ketones (excluding diaryl/α,β-unsaturated/α-hetero) is 1. The van der Waals surface area contributed by atoms with E-state index in [1.54, 1.807) is 12.1 Å². The van der Waals surface area contributed by atoms with Crippen molar-refractivity contribution in [3.8, 4) is 5.88 Å². The van der Waals surface area contributed by atoms with Crippen LogP contribution in [0.4, 0.5) is 13.2 Å². The largest absolute Gasteiger partial charge is 0.467 e. The van der Waals surface area contributed by atoms with E-state index in [1.807, 2.05) is 30.3 Å². The molecule has 3 nitrogen and oxygen atoms in total.